The van der Waals surface area contributed by atoms with Crippen LogP contribution in [0.1, 0.15) is 47.0 Å². The Balaban J connectivity index is 4.34. The standard InChI is InChI=1S/C13H26N2O3/c1-5-13(6-2,7-8-16)9-14-12(18)10(3)15-11(4)17/h10,16H,5-9H2,1-4H3,(H,14,18)(H,15,17). The second kappa shape index (κ2) is 8.08. The van der Waals surface area contributed by atoms with Gasteiger partial charge in [0, 0.05) is 20.1 Å². The first-order chi connectivity index (χ1) is 8.40. The zero-order chi connectivity index (χ0) is 14.2. The molecule has 106 valence electrons. The molecule has 0 fully saturated rings. The van der Waals surface area contributed by atoms with Crippen molar-refractivity contribution in [1.29, 1.82) is 0 Å². The van der Waals surface area contributed by atoms with E-state index in [0.29, 0.717) is 13.0 Å². The molecule has 0 aliphatic carbocycles. The average molecular weight is 258 g/mol. The van der Waals surface area contributed by atoms with Gasteiger partial charge in [0.2, 0.25) is 11.8 Å². The first kappa shape index (κ1) is 16.9. The van der Waals surface area contributed by atoms with Gasteiger partial charge in [-0.25, -0.2) is 0 Å². The minimum absolute atomic E-state index is 0.0552. The van der Waals surface area contributed by atoms with Crippen LogP contribution in [0.3, 0.4) is 0 Å². The van der Waals surface area contributed by atoms with Crippen molar-refractivity contribution in [2.24, 2.45) is 5.41 Å². The number of aliphatic hydroxyl groups is 1. The normalized spacial score (nSPS) is 12.9. The highest BCUT2D eigenvalue weighted by atomic mass is 16.3. The summed E-state index contributed by atoms with van der Waals surface area (Å²) in [6.45, 7) is 7.81. The van der Waals surface area contributed by atoms with E-state index in [1.807, 2.05) is 0 Å². The summed E-state index contributed by atoms with van der Waals surface area (Å²) in [4.78, 5) is 22.6. The fourth-order valence-corrected chi connectivity index (χ4v) is 1.98. The Bertz CT molecular complexity index is 275. The summed E-state index contributed by atoms with van der Waals surface area (Å²) in [7, 11) is 0. The number of carbonyl (C=O) groups excluding carboxylic acids is 2. The van der Waals surface area contributed by atoms with Crippen LogP contribution in [0.4, 0.5) is 0 Å². The highest BCUT2D eigenvalue weighted by Gasteiger charge is 2.27. The Morgan fingerprint density at radius 3 is 2.22 bits per heavy atom. The minimum Gasteiger partial charge on any atom is -0.396 e. The van der Waals surface area contributed by atoms with Gasteiger partial charge < -0.3 is 15.7 Å². The van der Waals surface area contributed by atoms with Crippen LogP contribution in [0.15, 0.2) is 0 Å². The van der Waals surface area contributed by atoms with E-state index in [1.54, 1.807) is 6.92 Å². The molecule has 0 saturated carbocycles. The maximum Gasteiger partial charge on any atom is 0.242 e. The van der Waals surface area contributed by atoms with Crippen LogP contribution in [-0.4, -0.2) is 36.1 Å². The van der Waals surface area contributed by atoms with Crippen molar-refractivity contribution in [3.05, 3.63) is 0 Å². The molecule has 5 nitrogen and oxygen atoms in total. The fourth-order valence-electron chi connectivity index (χ4n) is 1.98. The molecule has 0 aliphatic rings. The van der Waals surface area contributed by atoms with E-state index in [1.165, 1.54) is 6.92 Å². The molecule has 0 bridgehead atoms. The molecule has 0 radical (unpaired) electrons. The predicted octanol–water partition coefficient (Wildman–Crippen LogP) is 0.816. The Morgan fingerprint density at radius 1 is 1.28 bits per heavy atom. The number of nitrogens with one attached hydrogen (secondary N) is 2. The van der Waals surface area contributed by atoms with E-state index in [4.69, 9.17) is 5.11 Å². The molecule has 0 aromatic carbocycles. The zero-order valence-electron chi connectivity index (χ0n) is 11.9. The third-order valence-corrected chi connectivity index (χ3v) is 3.59. The summed E-state index contributed by atoms with van der Waals surface area (Å²) in [6, 6.07) is -0.525. The van der Waals surface area contributed by atoms with E-state index in [-0.39, 0.29) is 23.8 Å². The van der Waals surface area contributed by atoms with Crippen molar-refractivity contribution in [2.75, 3.05) is 13.2 Å². The second-order valence-corrected chi connectivity index (χ2v) is 4.82. The smallest absolute Gasteiger partial charge is 0.242 e. The minimum atomic E-state index is -0.525. The molecule has 0 aliphatic heterocycles. The second-order valence-electron chi connectivity index (χ2n) is 4.82. The van der Waals surface area contributed by atoms with Gasteiger partial charge in [0.05, 0.1) is 0 Å². The number of hydrogen-bond acceptors (Lipinski definition) is 3. The third-order valence-electron chi connectivity index (χ3n) is 3.59. The van der Waals surface area contributed by atoms with Crippen LogP contribution in [-0.2, 0) is 9.59 Å². The molecule has 0 spiro atoms. The molecule has 5 heteroatoms. The van der Waals surface area contributed by atoms with Crippen LogP contribution >= 0.6 is 0 Å². The molecule has 1 atom stereocenters. The SMILES string of the molecule is CCC(CC)(CCO)CNC(=O)C(C)NC(C)=O. The van der Waals surface area contributed by atoms with Crippen molar-refractivity contribution < 1.29 is 14.7 Å². The summed E-state index contributed by atoms with van der Waals surface area (Å²) >= 11 is 0. The van der Waals surface area contributed by atoms with Crippen LogP contribution in [0.2, 0.25) is 0 Å². The van der Waals surface area contributed by atoms with E-state index in [2.05, 4.69) is 24.5 Å². The van der Waals surface area contributed by atoms with Gasteiger partial charge in [-0.15, -0.1) is 0 Å². The molecule has 2 amide bonds. The average Bonchev–Trinajstić information content (AvgIpc) is 2.33. The Morgan fingerprint density at radius 2 is 1.83 bits per heavy atom. The summed E-state index contributed by atoms with van der Waals surface area (Å²) in [5.74, 6) is -0.403. The fraction of sp³-hybridized carbons (Fsp3) is 0.846. The molecule has 3 N–H and O–H groups in total. The lowest BCUT2D eigenvalue weighted by Gasteiger charge is -2.31. The summed E-state index contributed by atoms with van der Waals surface area (Å²) in [5, 5.41) is 14.5. The summed E-state index contributed by atoms with van der Waals surface area (Å²) in [6.07, 6.45) is 2.48. The maximum atomic E-state index is 11.8. The van der Waals surface area contributed by atoms with Gasteiger partial charge in [-0.3, -0.25) is 9.59 Å². The molecular weight excluding hydrogens is 232 g/mol. The Labute approximate surface area is 109 Å². The van der Waals surface area contributed by atoms with Gasteiger partial charge in [-0.1, -0.05) is 13.8 Å². The van der Waals surface area contributed by atoms with Gasteiger partial charge in [-0.05, 0) is 31.6 Å². The lowest BCUT2D eigenvalue weighted by atomic mass is 9.79. The highest BCUT2D eigenvalue weighted by molar-refractivity contribution is 5.86. The van der Waals surface area contributed by atoms with E-state index >= 15 is 0 Å². The van der Waals surface area contributed by atoms with Crippen molar-refractivity contribution in [3.63, 3.8) is 0 Å². The van der Waals surface area contributed by atoms with Crippen molar-refractivity contribution in [3.8, 4) is 0 Å². The molecule has 0 aromatic rings. The number of hydrogen-bond donors (Lipinski definition) is 3. The van der Waals surface area contributed by atoms with Crippen molar-refractivity contribution >= 4 is 11.8 Å². The lowest BCUT2D eigenvalue weighted by molar-refractivity contribution is -0.128. The van der Waals surface area contributed by atoms with Gasteiger partial charge >= 0.3 is 0 Å². The number of aliphatic hydroxyl groups excluding tert-OH is 1. The van der Waals surface area contributed by atoms with Gasteiger partial charge in [0.25, 0.3) is 0 Å². The van der Waals surface area contributed by atoms with E-state index in [0.717, 1.165) is 12.8 Å². The van der Waals surface area contributed by atoms with E-state index in [9.17, 15) is 9.59 Å². The molecular formula is C13H26N2O3. The third kappa shape index (κ3) is 5.49. The molecule has 0 saturated heterocycles. The number of amides is 2. The molecule has 0 aromatic heterocycles. The molecule has 0 heterocycles. The maximum absolute atomic E-state index is 11.8. The summed E-state index contributed by atoms with van der Waals surface area (Å²) in [5.41, 5.74) is -0.0552. The first-order valence-electron chi connectivity index (χ1n) is 6.56. The number of carbonyl (C=O) groups is 2. The van der Waals surface area contributed by atoms with Crippen LogP contribution in [0, 0.1) is 5.41 Å². The van der Waals surface area contributed by atoms with Crippen molar-refractivity contribution in [1.82, 2.24) is 10.6 Å². The van der Waals surface area contributed by atoms with Crippen molar-refractivity contribution in [2.45, 2.75) is 53.0 Å². The van der Waals surface area contributed by atoms with Crippen LogP contribution < -0.4 is 10.6 Å². The van der Waals surface area contributed by atoms with Gasteiger partial charge in [0.1, 0.15) is 6.04 Å². The largest absolute Gasteiger partial charge is 0.396 e. The Kier molecular flexibility index (Phi) is 7.59. The quantitative estimate of drug-likeness (QED) is 0.603. The van der Waals surface area contributed by atoms with Crippen LogP contribution in [0.25, 0.3) is 0 Å². The number of rotatable bonds is 8. The molecule has 18 heavy (non-hydrogen) atoms. The predicted molar refractivity (Wildman–Crippen MR) is 71.0 cm³/mol. The Hall–Kier alpha value is -1.10. The van der Waals surface area contributed by atoms with E-state index < -0.39 is 6.04 Å². The monoisotopic (exact) mass is 258 g/mol. The van der Waals surface area contributed by atoms with Crippen LogP contribution in [0.5, 0.6) is 0 Å². The zero-order valence-corrected chi connectivity index (χ0v) is 11.9. The highest BCUT2D eigenvalue weighted by Crippen LogP contribution is 2.29. The lowest BCUT2D eigenvalue weighted by Crippen LogP contribution is -2.47. The van der Waals surface area contributed by atoms with Gasteiger partial charge in [-0.2, -0.15) is 0 Å². The topological polar surface area (TPSA) is 78.4 Å². The molecule has 0 rings (SSSR count). The molecule has 1 unspecified atom stereocenters. The van der Waals surface area contributed by atoms with Gasteiger partial charge in [0.15, 0.2) is 0 Å². The summed E-state index contributed by atoms with van der Waals surface area (Å²) < 4.78 is 0. The first-order valence-corrected chi connectivity index (χ1v) is 6.56.